The lowest BCUT2D eigenvalue weighted by Gasteiger charge is -2.18. The molecule has 17 heavy (non-hydrogen) atoms. The van der Waals surface area contributed by atoms with Gasteiger partial charge in [-0.25, -0.2) is 4.98 Å². The average Bonchev–Trinajstić information content (AvgIpc) is 3.20. The monoisotopic (exact) mass is 231 g/mol. The number of hydrogen-bond acceptors (Lipinski definition) is 2. The highest BCUT2D eigenvalue weighted by Crippen LogP contribution is 2.44. The molecule has 1 aromatic heterocycles. The van der Waals surface area contributed by atoms with Gasteiger partial charge in [-0.05, 0) is 50.4 Å². The first kappa shape index (κ1) is 10.1. The topological polar surface area (TPSA) is 29.9 Å². The number of hydrogen-bond donors (Lipinski definition) is 1. The minimum Gasteiger partial charge on any atom is -0.330 e. The summed E-state index contributed by atoms with van der Waals surface area (Å²) in [6.07, 6.45) is 12.6. The normalized spacial score (nSPS) is 24.5. The van der Waals surface area contributed by atoms with Crippen molar-refractivity contribution in [3.05, 3.63) is 18.2 Å². The van der Waals surface area contributed by atoms with Gasteiger partial charge in [0.05, 0.1) is 12.0 Å². The molecule has 92 valence electrons. The van der Waals surface area contributed by atoms with Crippen LogP contribution in [0.4, 0.5) is 0 Å². The molecule has 0 amide bonds. The van der Waals surface area contributed by atoms with Crippen molar-refractivity contribution in [2.75, 3.05) is 0 Å². The Hall–Kier alpha value is -0.830. The fraction of sp³-hybridized carbons (Fsp3) is 0.786. The maximum absolute atomic E-state index is 4.31. The van der Waals surface area contributed by atoms with Gasteiger partial charge < -0.3 is 9.88 Å². The molecule has 0 atom stereocenters. The Balaban J connectivity index is 1.40. The van der Waals surface area contributed by atoms with Crippen LogP contribution in [-0.2, 0) is 6.54 Å². The fourth-order valence-electron chi connectivity index (χ4n) is 3.00. The molecule has 0 aliphatic heterocycles. The Morgan fingerprint density at radius 2 is 1.88 bits per heavy atom. The molecule has 0 radical (unpaired) electrons. The first-order valence-corrected chi connectivity index (χ1v) is 7.16. The Kier molecular flexibility index (Phi) is 2.29. The van der Waals surface area contributed by atoms with E-state index in [-0.39, 0.29) is 0 Å². The zero-order chi connectivity index (χ0) is 11.2. The van der Waals surface area contributed by atoms with E-state index in [1.807, 2.05) is 12.5 Å². The predicted octanol–water partition coefficient (Wildman–Crippen LogP) is 2.50. The minimum atomic E-state index is 0.759. The lowest BCUT2D eigenvalue weighted by molar-refractivity contribution is 0.409. The van der Waals surface area contributed by atoms with Crippen molar-refractivity contribution in [3.63, 3.8) is 0 Å². The standard InChI is InChI=1S/C14H21N3/c1-2-10(1)14(11-3-4-11)16-8-13-7-15-9-17(13)12-5-6-12/h7,9-12,14,16H,1-6,8H2. The van der Waals surface area contributed by atoms with Crippen LogP contribution in [0, 0.1) is 11.8 Å². The summed E-state index contributed by atoms with van der Waals surface area (Å²) in [5.41, 5.74) is 1.39. The van der Waals surface area contributed by atoms with E-state index >= 15 is 0 Å². The van der Waals surface area contributed by atoms with Crippen LogP contribution in [0.2, 0.25) is 0 Å². The third-order valence-corrected chi connectivity index (χ3v) is 4.47. The van der Waals surface area contributed by atoms with Crippen LogP contribution in [0.5, 0.6) is 0 Å². The van der Waals surface area contributed by atoms with Gasteiger partial charge in [-0.1, -0.05) is 0 Å². The molecular formula is C14H21N3. The maximum Gasteiger partial charge on any atom is 0.0951 e. The van der Waals surface area contributed by atoms with Crippen LogP contribution in [0.25, 0.3) is 0 Å². The van der Waals surface area contributed by atoms with Crippen molar-refractivity contribution in [2.24, 2.45) is 11.8 Å². The second kappa shape index (κ2) is 3.84. The molecule has 0 saturated heterocycles. The van der Waals surface area contributed by atoms with Gasteiger partial charge in [-0.15, -0.1) is 0 Å². The zero-order valence-electron chi connectivity index (χ0n) is 10.3. The number of rotatable bonds is 6. The second-order valence-corrected chi connectivity index (χ2v) is 6.10. The average molecular weight is 231 g/mol. The highest BCUT2D eigenvalue weighted by atomic mass is 15.1. The summed E-state index contributed by atoms with van der Waals surface area (Å²) < 4.78 is 2.38. The molecule has 1 aromatic rings. The number of aromatic nitrogens is 2. The van der Waals surface area contributed by atoms with E-state index in [2.05, 4.69) is 14.9 Å². The SMILES string of the molecule is c1ncn(C2CC2)c1CNC(C1CC1)C1CC1. The van der Waals surface area contributed by atoms with Gasteiger partial charge in [-0.3, -0.25) is 0 Å². The fourth-order valence-corrected chi connectivity index (χ4v) is 3.00. The first-order valence-electron chi connectivity index (χ1n) is 7.16. The molecule has 0 bridgehead atoms. The molecule has 0 spiro atoms. The first-order chi connectivity index (χ1) is 8.42. The summed E-state index contributed by atoms with van der Waals surface area (Å²) in [4.78, 5) is 4.31. The van der Waals surface area contributed by atoms with Crippen LogP contribution in [0.1, 0.15) is 50.3 Å². The maximum atomic E-state index is 4.31. The Labute approximate surface area is 103 Å². The molecule has 3 heteroatoms. The highest BCUT2D eigenvalue weighted by molar-refractivity contribution is 5.05. The predicted molar refractivity (Wildman–Crippen MR) is 66.6 cm³/mol. The van der Waals surface area contributed by atoms with Gasteiger partial charge in [0.15, 0.2) is 0 Å². The summed E-state index contributed by atoms with van der Waals surface area (Å²) in [7, 11) is 0. The summed E-state index contributed by atoms with van der Waals surface area (Å²) in [5, 5.41) is 3.81. The second-order valence-electron chi connectivity index (χ2n) is 6.10. The van der Waals surface area contributed by atoms with Crippen LogP contribution in [0.3, 0.4) is 0 Å². The Morgan fingerprint density at radius 1 is 1.18 bits per heavy atom. The molecule has 0 unspecified atom stereocenters. The molecule has 3 saturated carbocycles. The van der Waals surface area contributed by atoms with E-state index in [9.17, 15) is 0 Å². The lowest BCUT2D eigenvalue weighted by Crippen LogP contribution is -2.33. The van der Waals surface area contributed by atoms with Gasteiger partial charge in [0.2, 0.25) is 0 Å². The van der Waals surface area contributed by atoms with Crippen LogP contribution in [-0.4, -0.2) is 15.6 Å². The van der Waals surface area contributed by atoms with E-state index in [4.69, 9.17) is 0 Å². The molecule has 3 nitrogen and oxygen atoms in total. The molecule has 3 aliphatic carbocycles. The molecule has 3 aliphatic rings. The van der Waals surface area contributed by atoms with Crippen molar-refractivity contribution < 1.29 is 0 Å². The van der Waals surface area contributed by atoms with Crippen LogP contribution >= 0.6 is 0 Å². The summed E-state index contributed by atoms with van der Waals surface area (Å²) >= 11 is 0. The van der Waals surface area contributed by atoms with Gasteiger partial charge in [0.25, 0.3) is 0 Å². The van der Waals surface area contributed by atoms with Crippen molar-refractivity contribution in [1.29, 1.82) is 0 Å². The summed E-state index contributed by atoms with van der Waals surface area (Å²) in [6.45, 7) is 1.02. The quantitative estimate of drug-likeness (QED) is 0.815. The molecule has 1 heterocycles. The highest BCUT2D eigenvalue weighted by Gasteiger charge is 2.41. The largest absolute Gasteiger partial charge is 0.330 e. The van der Waals surface area contributed by atoms with E-state index in [1.54, 1.807) is 0 Å². The molecule has 3 fully saturated rings. The van der Waals surface area contributed by atoms with Gasteiger partial charge >= 0.3 is 0 Å². The Bertz CT molecular complexity index is 387. The summed E-state index contributed by atoms with van der Waals surface area (Å²) in [5.74, 6) is 1.97. The molecule has 4 rings (SSSR count). The van der Waals surface area contributed by atoms with Crippen molar-refractivity contribution in [1.82, 2.24) is 14.9 Å². The zero-order valence-corrected chi connectivity index (χ0v) is 10.3. The van der Waals surface area contributed by atoms with Crippen LogP contribution in [0.15, 0.2) is 12.5 Å². The van der Waals surface area contributed by atoms with E-state index in [0.717, 1.165) is 30.5 Å². The molecule has 0 aromatic carbocycles. The van der Waals surface area contributed by atoms with Crippen molar-refractivity contribution >= 4 is 0 Å². The minimum absolute atomic E-state index is 0.759. The number of imidazole rings is 1. The third kappa shape index (κ3) is 2.13. The van der Waals surface area contributed by atoms with Gasteiger partial charge in [0, 0.05) is 24.8 Å². The van der Waals surface area contributed by atoms with E-state index < -0.39 is 0 Å². The van der Waals surface area contributed by atoms with Crippen molar-refractivity contribution in [3.8, 4) is 0 Å². The third-order valence-electron chi connectivity index (χ3n) is 4.47. The number of nitrogens with one attached hydrogen (secondary N) is 1. The van der Waals surface area contributed by atoms with E-state index in [1.165, 1.54) is 44.2 Å². The number of nitrogens with zero attached hydrogens (tertiary/aromatic N) is 2. The lowest BCUT2D eigenvalue weighted by atomic mass is 10.1. The van der Waals surface area contributed by atoms with Crippen LogP contribution < -0.4 is 5.32 Å². The molecular weight excluding hydrogens is 210 g/mol. The molecule has 1 N–H and O–H groups in total. The Morgan fingerprint density at radius 3 is 2.47 bits per heavy atom. The smallest absolute Gasteiger partial charge is 0.0951 e. The van der Waals surface area contributed by atoms with Crippen molar-refractivity contribution in [2.45, 2.75) is 57.2 Å². The van der Waals surface area contributed by atoms with Gasteiger partial charge in [0.1, 0.15) is 0 Å². The van der Waals surface area contributed by atoms with E-state index in [0.29, 0.717) is 0 Å². The summed E-state index contributed by atoms with van der Waals surface area (Å²) in [6, 6.07) is 1.56. The van der Waals surface area contributed by atoms with Gasteiger partial charge in [-0.2, -0.15) is 0 Å².